The quantitative estimate of drug-likeness (QED) is 0.521. The van der Waals surface area contributed by atoms with E-state index in [4.69, 9.17) is 0 Å². The van der Waals surface area contributed by atoms with Crippen molar-refractivity contribution in [1.29, 1.82) is 0 Å². The number of hydrogen-bond acceptors (Lipinski definition) is 5. The summed E-state index contributed by atoms with van der Waals surface area (Å²) < 4.78 is 31.0. The summed E-state index contributed by atoms with van der Waals surface area (Å²) in [6, 6.07) is 4.90. The second-order valence-corrected chi connectivity index (χ2v) is 10.7. The molecule has 1 N–H and O–H groups in total. The molecule has 0 amide bonds. The van der Waals surface area contributed by atoms with Crippen LogP contribution in [-0.4, -0.2) is 39.1 Å². The van der Waals surface area contributed by atoms with Gasteiger partial charge in [-0.05, 0) is 60.2 Å². The molecule has 2 fully saturated rings. The number of rotatable bonds is 4. The molecule has 2 bridgehead atoms. The highest BCUT2D eigenvalue weighted by atomic mass is 79.9. The van der Waals surface area contributed by atoms with Crippen LogP contribution in [-0.2, 0) is 17.9 Å². The number of fused-ring (bicyclic) bond motifs is 4. The number of halogens is 3. The summed E-state index contributed by atoms with van der Waals surface area (Å²) in [6.07, 6.45) is 4.00. The number of nitrogens with one attached hydrogen (secondary N) is 1. The molecule has 0 saturated carbocycles. The molecule has 1 aliphatic carbocycles. The van der Waals surface area contributed by atoms with E-state index in [0.717, 1.165) is 49.0 Å². The van der Waals surface area contributed by atoms with E-state index in [0.29, 0.717) is 28.1 Å². The Kier molecular flexibility index (Phi) is 4.91. The summed E-state index contributed by atoms with van der Waals surface area (Å²) in [7, 11) is 0. The van der Waals surface area contributed by atoms with Crippen molar-refractivity contribution in [2.75, 3.05) is 25.0 Å². The van der Waals surface area contributed by atoms with E-state index in [1.54, 1.807) is 13.0 Å². The lowest BCUT2D eigenvalue weighted by Crippen LogP contribution is -2.40. The van der Waals surface area contributed by atoms with Gasteiger partial charge in [-0.25, -0.2) is 18.7 Å². The van der Waals surface area contributed by atoms with Crippen LogP contribution in [0.25, 0.3) is 10.9 Å². The Labute approximate surface area is 204 Å². The molecule has 178 valence electrons. The van der Waals surface area contributed by atoms with Crippen LogP contribution in [0.3, 0.4) is 0 Å². The zero-order chi connectivity index (χ0) is 23.8. The molecule has 3 aromatic rings. The second kappa shape index (κ2) is 7.55. The summed E-state index contributed by atoms with van der Waals surface area (Å²) in [5.74, 6) is -1.63. The maximum absolute atomic E-state index is 14.3. The monoisotopic (exact) mass is 529 g/mol. The average Bonchev–Trinajstić information content (AvgIpc) is 3.50. The van der Waals surface area contributed by atoms with Gasteiger partial charge in [0.25, 0.3) is 11.5 Å². The minimum absolute atomic E-state index is 0.0727. The van der Waals surface area contributed by atoms with Crippen molar-refractivity contribution in [1.82, 2.24) is 19.4 Å². The van der Waals surface area contributed by atoms with E-state index in [1.165, 1.54) is 6.07 Å². The fraction of sp³-hybridized carbons (Fsp3) is 0.480. The molecular formula is C25H26BrF2N5O. The zero-order valence-electron chi connectivity index (χ0n) is 19.2. The standard InChI is InChI=1S/C25H26BrF2N5O/c1-14(16-4-3-5-19-17(16)6-7-25(19,27)28)29-22-18-12-33(24-8-10-32(13-24)11-9-24)23(34)20(26)21(18)30-15(2)31-22/h3-5,12,14H,6-11,13H2,1-2H3,(H,29,30,31). The highest BCUT2D eigenvalue weighted by Crippen LogP contribution is 2.44. The number of anilines is 1. The number of alkyl halides is 2. The van der Waals surface area contributed by atoms with Gasteiger partial charge in [0.1, 0.15) is 16.1 Å². The minimum Gasteiger partial charge on any atom is -0.363 e. The highest BCUT2D eigenvalue weighted by Gasteiger charge is 2.46. The van der Waals surface area contributed by atoms with Gasteiger partial charge < -0.3 is 14.8 Å². The van der Waals surface area contributed by atoms with Crippen molar-refractivity contribution in [2.24, 2.45) is 0 Å². The van der Waals surface area contributed by atoms with Gasteiger partial charge in [-0.15, -0.1) is 0 Å². The van der Waals surface area contributed by atoms with E-state index in [-0.39, 0.29) is 29.1 Å². The second-order valence-electron chi connectivity index (χ2n) is 9.94. The van der Waals surface area contributed by atoms with Gasteiger partial charge in [-0.1, -0.05) is 18.2 Å². The smallest absolute Gasteiger partial charge is 0.273 e. The molecular weight excluding hydrogens is 504 g/mol. The largest absolute Gasteiger partial charge is 0.363 e. The first kappa shape index (κ1) is 22.1. The topological polar surface area (TPSA) is 63.1 Å². The predicted octanol–water partition coefficient (Wildman–Crippen LogP) is 4.88. The summed E-state index contributed by atoms with van der Waals surface area (Å²) >= 11 is 3.53. The van der Waals surface area contributed by atoms with Crippen LogP contribution in [0.5, 0.6) is 0 Å². The molecule has 0 radical (unpaired) electrons. The fourth-order valence-electron chi connectivity index (χ4n) is 6.08. The number of nitrogens with zero attached hydrogens (tertiary/aromatic N) is 4. The molecule has 6 nitrogen and oxygen atoms in total. The highest BCUT2D eigenvalue weighted by molar-refractivity contribution is 9.10. The van der Waals surface area contributed by atoms with Gasteiger partial charge in [0.15, 0.2) is 0 Å². The van der Waals surface area contributed by atoms with Gasteiger partial charge in [0.05, 0.1) is 22.5 Å². The van der Waals surface area contributed by atoms with Crippen molar-refractivity contribution >= 4 is 32.7 Å². The molecule has 9 heteroatoms. The van der Waals surface area contributed by atoms with E-state index in [9.17, 15) is 13.6 Å². The van der Waals surface area contributed by atoms with Crippen LogP contribution in [0.15, 0.2) is 33.7 Å². The van der Waals surface area contributed by atoms with E-state index in [1.807, 2.05) is 23.8 Å². The molecule has 2 aliphatic heterocycles. The van der Waals surface area contributed by atoms with Gasteiger partial charge in [0, 0.05) is 37.8 Å². The Morgan fingerprint density at radius 2 is 1.94 bits per heavy atom. The van der Waals surface area contributed by atoms with E-state index < -0.39 is 5.92 Å². The third-order valence-corrected chi connectivity index (χ3v) is 8.58. The minimum atomic E-state index is -2.78. The first-order valence-corrected chi connectivity index (χ1v) is 12.6. The molecule has 2 saturated heterocycles. The van der Waals surface area contributed by atoms with Crippen molar-refractivity contribution < 1.29 is 8.78 Å². The fourth-order valence-corrected chi connectivity index (χ4v) is 6.57. The zero-order valence-corrected chi connectivity index (χ0v) is 20.8. The van der Waals surface area contributed by atoms with Gasteiger partial charge in [-0.3, -0.25) is 4.79 Å². The molecule has 0 spiro atoms. The van der Waals surface area contributed by atoms with E-state index >= 15 is 0 Å². The first-order chi connectivity index (χ1) is 16.2. The SMILES string of the molecule is Cc1nc(NC(C)c2cccc3c2CCC3(F)F)c2cn(C34CCN(CC3)C4)c(=O)c(Br)c2n1. The van der Waals surface area contributed by atoms with Crippen molar-refractivity contribution in [3.8, 4) is 0 Å². The number of aryl methyl sites for hydroxylation is 1. The number of aromatic nitrogens is 3. The number of pyridine rings is 1. The van der Waals surface area contributed by atoms with Crippen molar-refractivity contribution in [3.05, 3.63) is 61.7 Å². The number of piperidine rings is 1. The molecule has 1 unspecified atom stereocenters. The lowest BCUT2D eigenvalue weighted by molar-refractivity contribution is -0.00184. The third-order valence-electron chi connectivity index (χ3n) is 7.86. The first-order valence-electron chi connectivity index (χ1n) is 11.8. The van der Waals surface area contributed by atoms with Gasteiger partial charge in [0.2, 0.25) is 0 Å². The molecule has 3 aliphatic rings. The summed E-state index contributed by atoms with van der Waals surface area (Å²) in [5.41, 5.74) is 2.00. The van der Waals surface area contributed by atoms with Gasteiger partial charge in [-0.2, -0.15) is 0 Å². The molecule has 2 aromatic heterocycles. The third kappa shape index (κ3) is 3.23. The Balaban J connectivity index is 1.46. The number of hydrogen-bond donors (Lipinski definition) is 1. The van der Waals surface area contributed by atoms with Crippen molar-refractivity contribution in [3.63, 3.8) is 0 Å². The lowest BCUT2D eigenvalue weighted by Gasteiger charge is -2.29. The maximum atomic E-state index is 14.3. The Morgan fingerprint density at radius 3 is 2.65 bits per heavy atom. The van der Waals surface area contributed by atoms with Crippen molar-refractivity contribution in [2.45, 2.75) is 57.0 Å². The molecule has 4 heterocycles. The maximum Gasteiger partial charge on any atom is 0.273 e. The Morgan fingerprint density at radius 1 is 1.18 bits per heavy atom. The Bertz CT molecular complexity index is 1380. The van der Waals surface area contributed by atoms with Crippen LogP contribution in [0.2, 0.25) is 0 Å². The molecule has 1 atom stereocenters. The van der Waals surface area contributed by atoms with Crippen LogP contribution < -0.4 is 10.9 Å². The normalized spacial score (nSPS) is 25.6. The van der Waals surface area contributed by atoms with Crippen LogP contribution in [0.1, 0.15) is 54.7 Å². The van der Waals surface area contributed by atoms with E-state index in [2.05, 4.69) is 36.1 Å². The molecule has 1 aromatic carbocycles. The lowest BCUT2D eigenvalue weighted by atomic mass is 9.94. The van der Waals surface area contributed by atoms with Gasteiger partial charge >= 0.3 is 0 Å². The Hall–Kier alpha value is -2.39. The summed E-state index contributed by atoms with van der Waals surface area (Å²) in [5, 5.41) is 4.21. The number of benzene rings is 1. The summed E-state index contributed by atoms with van der Waals surface area (Å²) in [4.78, 5) is 25.0. The predicted molar refractivity (Wildman–Crippen MR) is 131 cm³/mol. The van der Waals surface area contributed by atoms with Crippen LogP contribution in [0.4, 0.5) is 14.6 Å². The van der Waals surface area contributed by atoms with Crippen LogP contribution >= 0.6 is 15.9 Å². The average molecular weight is 530 g/mol. The molecule has 6 rings (SSSR count). The molecule has 34 heavy (non-hydrogen) atoms. The van der Waals surface area contributed by atoms with Crippen LogP contribution in [0, 0.1) is 6.92 Å². The summed E-state index contributed by atoms with van der Waals surface area (Å²) in [6.45, 7) is 6.63.